The predicted octanol–water partition coefficient (Wildman–Crippen LogP) is 1.73. The van der Waals surface area contributed by atoms with Gasteiger partial charge in [-0.2, -0.15) is 0 Å². The van der Waals surface area contributed by atoms with Crippen molar-refractivity contribution in [1.82, 2.24) is 10.3 Å². The smallest absolute Gasteiger partial charge is 0.353 e. The number of aromatic nitrogens is 1. The van der Waals surface area contributed by atoms with Crippen molar-refractivity contribution in [1.29, 1.82) is 0 Å². The van der Waals surface area contributed by atoms with Gasteiger partial charge >= 0.3 is 5.97 Å². The first-order chi connectivity index (χ1) is 12.0. The maximum atomic E-state index is 11.5. The summed E-state index contributed by atoms with van der Waals surface area (Å²) < 4.78 is 0.378. The lowest BCUT2D eigenvalue weighted by molar-refractivity contribution is 0.0690. The summed E-state index contributed by atoms with van der Waals surface area (Å²) in [6.45, 7) is 2.11. The van der Waals surface area contributed by atoms with Gasteiger partial charge in [0.2, 0.25) is 0 Å². The molecule has 0 spiro atoms. The zero-order valence-electron chi connectivity index (χ0n) is 13.8. The van der Waals surface area contributed by atoms with Crippen molar-refractivity contribution in [2.24, 2.45) is 0 Å². The van der Waals surface area contributed by atoms with Crippen LogP contribution in [-0.2, 0) is 26.4 Å². The molecule has 0 aliphatic carbocycles. The zero-order chi connectivity index (χ0) is 18.6. The number of carboxylic acid groups (broad SMARTS) is 1. The topological polar surface area (TPSA) is 126 Å². The van der Waals surface area contributed by atoms with Gasteiger partial charge in [-0.15, -0.1) is 0 Å². The molecule has 0 fully saturated rings. The summed E-state index contributed by atoms with van der Waals surface area (Å²) in [5, 5.41) is 41.5. The van der Waals surface area contributed by atoms with Gasteiger partial charge in [-0.1, -0.05) is 19.1 Å². The molecule has 6 N–H and O–H groups in total. The summed E-state index contributed by atoms with van der Waals surface area (Å²) in [5.41, 5.74) is 3.32. The highest BCUT2D eigenvalue weighted by Crippen LogP contribution is 2.38. The highest BCUT2D eigenvalue weighted by molar-refractivity contribution is 9.10. The molecule has 1 aromatic carbocycles. The Morgan fingerprint density at radius 2 is 1.84 bits per heavy atom. The van der Waals surface area contributed by atoms with Crippen molar-refractivity contribution in [3.05, 3.63) is 44.7 Å². The lowest BCUT2D eigenvalue weighted by atomic mass is 9.92. The van der Waals surface area contributed by atoms with Crippen LogP contribution in [0.1, 0.15) is 39.8 Å². The lowest BCUT2D eigenvalue weighted by Crippen LogP contribution is -2.13. The van der Waals surface area contributed by atoms with Crippen LogP contribution in [-0.4, -0.2) is 37.9 Å². The molecule has 0 saturated heterocycles. The largest absolute Gasteiger partial charge is 0.477 e. The minimum absolute atomic E-state index is 0.0172. The Morgan fingerprint density at radius 3 is 2.36 bits per heavy atom. The van der Waals surface area contributed by atoms with E-state index >= 15 is 0 Å². The molecule has 0 amide bonds. The fraction of sp³-hybridized carbons (Fsp3) is 0.353. The predicted molar refractivity (Wildman–Crippen MR) is 96.0 cm³/mol. The summed E-state index contributed by atoms with van der Waals surface area (Å²) in [7, 11) is 0. The van der Waals surface area contributed by atoms with E-state index in [1.54, 1.807) is 12.1 Å². The monoisotopic (exact) mass is 412 g/mol. The molecule has 1 aromatic heterocycles. The first-order valence-corrected chi connectivity index (χ1v) is 8.60. The van der Waals surface area contributed by atoms with Crippen molar-refractivity contribution in [3.63, 3.8) is 0 Å². The molecule has 0 bridgehead atoms. The molecule has 2 rings (SSSR count). The zero-order valence-corrected chi connectivity index (χ0v) is 15.4. The number of aromatic amines is 1. The molecule has 0 saturated carbocycles. The number of hydrogen-bond acceptors (Lipinski definition) is 5. The van der Waals surface area contributed by atoms with E-state index in [2.05, 4.69) is 26.2 Å². The molecule has 25 heavy (non-hydrogen) atoms. The van der Waals surface area contributed by atoms with Gasteiger partial charge < -0.3 is 30.7 Å². The first-order valence-electron chi connectivity index (χ1n) is 7.80. The number of aliphatic hydroxyl groups is 3. The molecule has 1 heterocycles. The van der Waals surface area contributed by atoms with Gasteiger partial charge in [0.25, 0.3) is 0 Å². The van der Waals surface area contributed by atoms with Crippen molar-refractivity contribution in [2.75, 3.05) is 6.54 Å². The third-order valence-corrected chi connectivity index (χ3v) is 4.86. The summed E-state index contributed by atoms with van der Waals surface area (Å²) in [5.74, 6) is -1.10. The fourth-order valence-corrected chi connectivity index (χ4v) is 3.56. The van der Waals surface area contributed by atoms with Crippen molar-refractivity contribution in [2.45, 2.75) is 33.3 Å². The van der Waals surface area contributed by atoms with E-state index in [0.29, 0.717) is 51.1 Å². The van der Waals surface area contributed by atoms with Crippen LogP contribution in [0.15, 0.2) is 16.6 Å². The van der Waals surface area contributed by atoms with Crippen LogP contribution in [0.3, 0.4) is 0 Å². The SMILES string of the molecule is CCNCc1[nH]c(C(=O)O)c(Br)c1-c1ccc(CO)c(CO)c1CO. The van der Waals surface area contributed by atoms with Gasteiger partial charge in [0.15, 0.2) is 0 Å². The van der Waals surface area contributed by atoms with Crippen LogP contribution < -0.4 is 5.32 Å². The van der Waals surface area contributed by atoms with Gasteiger partial charge in [0.05, 0.1) is 24.3 Å². The Morgan fingerprint density at radius 1 is 1.16 bits per heavy atom. The van der Waals surface area contributed by atoms with Crippen molar-refractivity contribution in [3.8, 4) is 11.1 Å². The molecule has 0 aliphatic heterocycles. The normalized spacial score (nSPS) is 11.1. The number of aliphatic hydroxyl groups excluding tert-OH is 3. The average Bonchev–Trinajstić information content (AvgIpc) is 2.94. The Bertz CT molecular complexity index is 773. The summed E-state index contributed by atoms with van der Waals surface area (Å²) >= 11 is 3.34. The quantitative estimate of drug-likeness (QED) is 0.392. The van der Waals surface area contributed by atoms with Crippen LogP contribution >= 0.6 is 15.9 Å². The molecular weight excluding hydrogens is 392 g/mol. The van der Waals surface area contributed by atoms with Gasteiger partial charge in [-0.05, 0) is 44.7 Å². The highest BCUT2D eigenvalue weighted by Gasteiger charge is 2.24. The lowest BCUT2D eigenvalue weighted by Gasteiger charge is -2.16. The Labute approximate surface area is 153 Å². The second kappa shape index (κ2) is 8.59. The van der Waals surface area contributed by atoms with E-state index in [0.717, 1.165) is 0 Å². The molecule has 2 aromatic rings. The van der Waals surface area contributed by atoms with Crippen molar-refractivity contribution < 1.29 is 25.2 Å². The van der Waals surface area contributed by atoms with Crippen LogP contribution in [0, 0.1) is 0 Å². The maximum absolute atomic E-state index is 11.5. The Balaban J connectivity index is 2.74. The molecule has 136 valence electrons. The van der Waals surface area contributed by atoms with E-state index < -0.39 is 5.97 Å². The number of benzene rings is 1. The number of aromatic carboxylic acids is 1. The highest BCUT2D eigenvalue weighted by atomic mass is 79.9. The van der Waals surface area contributed by atoms with Crippen LogP contribution in [0.25, 0.3) is 11.1 Å². The number of halogens is 1. The van der Waals surface area contributed by atoms with Gasteiger partial charge in [0, 0.05) is 17.8 Å². The molecular formula is C17H21BrN2O5. The number of hydrogen-bond donors (Lipinski definition) is 6. The fourth-order valence-electron chi connectivity index (χ4n) is 2.84. The Hall–Kier alpha value is -1.71. The molecule has 0 aliphatic rings. The first kappa shape index (κ1) is 19.6. The average molecular weight is 413 g/mol. The van der Waals surface area contributed by atoms with E-state index in [9.17, 15) is 25.2 Å². The molecule has 7 nitrogen and oxygen atoms in total. The van der Waals surface area contributed by atoms with Crippen LogP contribution in [0.2, 0.25) is 0 Å². The van der Waals surface area contributed by atoms with Crippen LogP contribution in [0.4, 0.5) is 0 Å². The molecule has 0 atom stereocenters. The summed E-state index contributed by atoms with van der Waals surface area (Å²) in [4.78, 5) is 14.4. The van der Waals surface area contributed by atoms with Crippen molar-refractivity contribution >= 4 is 21.9 Å². The summed E-state index contributed by atoms with van der Waals surface area (Å²) in [6.07, 6.45) is 0. The van der Waals surface area contributed by atoms with Gasteiger partial charge in [-0.25, -0.2) is 4.79 Å². The molecule has 8 heteroatoms. The van der Waals surface area contributed by atoms with E-state index in [1.807, 2.05) is 6.92 Å². The third-order valence-electron chi connectivity index (χ3n) is 4.07. The third kappa shape index (κ3) is 3.78. The number of nitrogens with one attached hydrogen (secondary N) is 2. The number of rotatable bonds is 8. The number of H-pyrrole nitrogens is 1. The molecule has 0 radical (unpaired) electrons. The molecule has 0 unspecified atom stereocenters. The van der Waals surface area contributed by atoms with Crippen LogP contribution in [0.5, 0.6) is 0 Å². The number of carbonyl (C=O) groups is 1. The van der Waals surface area contributed by atoms with E-state index in [4.69, 9.17) is 0 Å². The van der Waals surface area contributed by atoms with Gasteiger partial charge in [0.1, 0.15) is 5.69 Å². The summed E-state index contributed by atoms with van der Waals surface area (Å²) in [6, 6.07) is 3.38. The Kier molecular flexibility index (Phi) is 6.74. The second-order valence-electron chi connectivity index (χ2n) is 5.46. The van der Waals surface area contributed by atoms with Gasteiger partial charge in [-0.3, -0.25) is 0 Å². The second-order valence-corrected chi connectivity index (χ2v) is 6.25. The van der Waals surface area contributed by atoms with E-state index in [1.165, 1.54) is 0 Å². The minimum Gasteiger partial charge on any atom is -0.477 e. The standard InChI is InChI=1S/C17H21BrN2O5/c1-2-19-5-13-14(15(18)16(20-13)17(24)25)10-4-3-9(6-21)11(7-22)12(10)8-23/h3-4,19-23H,2,5-8H2,1H3,(H,24,25). The minimum atomic E-state index is -1.10. The number of carboxylic acids is 1. The van der Waals surface area contributed by atoms with E-state index in [-0.39, 0.29) is 25.5 Å². The maximum Gasteiger partial charge on any atom is 0.353 e.